The van der Waals surface area contributed by atoms with E-state index in [4.69, 9.17) is 5.11 Å². The number of aliphatic carboxylic acids is 1. The number of alkyl halides is 3. The molecule has 0 spiro atoms. The quantitative estimate of drug-likeness (QED) is 0.843. The molecular weight excluding hydrogens is 251 g/mol. The molecule has 1 aromatic rings. The number of hydrogen-bond donors (Lipinski definition) is 1. The van der Waals surface area contributed by atoms with Gasteiger partial charge in [-0.3, -0.25) is 9.69 Å². The van der Waals surface area contributed by atoms with E-state index in [2.05, 4.69) is 4.98 Å². The number of halogens is 3. The van der Waals surface area contributed by atoms with E-state index < -0.39 is 25.2 Å². The van der Waals surface area contributed by atoms with E-state index in [-0.39, 0.29) is 6.54 Å². The molecule has 0 aliphatic rings. The molecule has 1 rings (SSSR count). The molecule has 18 heavy (non-hydrogen) atoms. The van der Waals surface area contributed by atoms with Gasteiger partial charge in [0.15, 0.2) is 0 Å². The van der Waals surface area contributed by atoms with Gasteiger partial charge in [0.2, 0.25) is 0 Å². The minimum Gasteiger partial charge on any atom is -0.480 e. The average molecular weight is 265 g/mol. The zero-order chi connectivity index (χ0) is 13.8. The third-order valence-corrected chi connectivity index (χ3v) is 2.29. The van der Waals surface area contributed by atoms with Crippen LogP contribution in [0.5, 0.6) is 0 Å². The third-order valence-electron chi connectivity index (χ3n) is 2.29. The fraction of sp³-hybridized carbons (Fsp3) is 0.600. The van der Waals surface area contributed by atoms with Crippen molar-refractivity contribution in [3.05, 3.63) is 18.2 Å². The molecule has 0 fully saturated rings. The average Bonchev–Trinajstić information content (AvgIpc) is 2.61. The van der Waals surface area contributed by atoms with Crippen molar-refractivity contribution in [3.63, 3.8) is 0 Å². The maximum atomic E-state index is 12.3. The number of carboxylic acid groups (broad SMARTS) is 1. The Kier molecular flexibility index (Phi) is 4.71. The first kappa shape index (κ1) is 14.5. The summed E-state index contributed by atoms with van der Waals surface area (Å²) >= 11 is 0. The Morgan fingerprint density at radius 3 is 2.72 bits per heavy atom. The van der Waals surface area contributed by atoms with Crippen LogP contribution in [0.15, 0.2) is 12.5 Å². The highest BCUT2D eigenvalue weighted by molar-refractivity contribution is 5.69. The highest BCUT2D eigenvalue weighted by atomic mass is 19.4. The number of nitrogens with zero attached hydrogens (tertiary/aromatic N) is 3. The summed E-state index contributed by atoms with van der Waals surface area (Å²) < 4.78 is 38.6. The lowest BCUT2D eigenvalue weighted by Crippen LogP contribution is -2.37. The number of carbonyl (C=O) groups is 1. The zero-order valence-electron chi connectivity index (χ0n) is 9.81. The lowest BCUT2D eigenvalue weighted by atomic mass is 10.3. The van der Waals surface area contributed by atoms with Crippen LogP contribution in [0.1, 0.15) is 12.6 Å². The van der Waals surface area contributed by atoms with E-state index >= 15 is 0 Å². The molecule has 1 heterocycles. The second-order valence-electron chi connectivity index (χ2n) is 3.83. The summed E-state index contributed by atoms with van der Waals surface area (Å²) in [5, 5.41) is 8.60. The zero-order valence-corrected chi connectivity index (χ0v) is 9.81. The standard InChI is InChI=1S/C10H14F3N3O2/c1-2-16-7-14-3-8(16)4-15(5-9(17)18)6-10(11,12)13/h3,7H,2,4-6H2,1H3,(H,17,18). The largest absolute Gasteiger partial charge is 0.480 e. The van der Waals surface area contributed by atoms with Crippen LogP contribution in [0.4, 0.5) is 13.2 Å². The molecule has 0 atom stereocenters. The Morgan fingerprint density at radius 1 is 1.56 bits per heavy atom. The second kappa shape index (κ2) is 5.85. The van der Waals surface area contributed by atoms with Gasteiger partial charge in [-0.1, -0.05) is 0 Å². The van der Waals surface area contributed by atoms with Gasteiger partial charge in [0.25, 0.3) is 0 Å². The molecular formula is C10H14F3N3O2. The molecule has 5 nitrogen and oxygen atoms in total. The minimum absolute atomic E-state index is 0.0976. The summed E-state index contributed by atoms with van der Waals surface area (Å²) in [6.45, 7) is 0.390. The van der Waals surface area contributed by atoms with Gasteiger partial charge in [-0.25, -0.2) is 4.98 Å². The predicted octanol–water partition coefficient (Wildman–Crippen LogP) is 1.35. The number of aryl methyl sites for hydroxylation is 1. The molecule has 0 saturated carbocycles. The Morgan fingerprint density at radius 2 is 2.22 bits per heavy atom. The van der Waals surface area contributed by atoms with Crippen molar-refractivity contribution >= 4 is 5.97 Å². The van der Waals surface area contributed by atoms with Gasteiger partial charge >= 0.3 is 12.1 Å². The Labute approximate surface area is 102 Å². The SMILES string of the molecule is CCn1cncc1CN(CC(=O)O)CC(F)(F)F. The van der Waals surface area contributed by atoms with E-state index in [0.717, 1.165) is 4.90 Å². The van der Waals surface area contributed by atoms with Crippen LogP contribution in [-0.2, 0) is 17.9 Å². The molecule has 0 amide bonds. The first-order valence-corrected chi connectivity index (χ1v) is 5.31. The van der Waals surface area contributed by atoms with Crippen LogP contribution in [0.2, 0.25) is 0 Å². The minimum atomic E-state index is -4.42. The van der Waals surface area contributed by atoms with Gasteiger partial charge in [0.1, 0.15) is 0 Å². The smallest absolute Gasteiger partial charge is 0.401 e. The lowest BCUT2D eigenvalue weighted by Gasteiger charge is -2.21. The molecule has 0 saturated heterocycles. The summed E-state index contributed by atoms with van der Waals surface area (Å²) in [4.78, 5) is 15.2. The molecule has 0 bridgehead atoms. The Bertz CT molecular complexity index is 403. The third kappa shape index (κ3) is 4.74. The molecule has 0 aliphatic heterocycles. The van der Waals surface area contributed by atoms with E-state index in [1.54, 1.807) is 4.57 Å². The van der Waals surface area contributed by atoms with Crippen LogP contribution in [0.25, 0.3) is 0 Å². The van der Waals surface area contributed by atoms with Crippen LogP contribution in [-0.4, -0.2) is 44.8 Å². The summed E-state index contributed by atoms with van der Waals surface area (Å²) in [5.74, 6) is -1.29. The molecule has 0 aliphatic carbocycles. The maximum Gasteiger partial charge on any atom is 0.401 e. The molecule has 102 valence electrons. The van der Waals surface area contributed by atoms with Gasteiger partial charge in [-0.2, -0.15) is 13.2 Å². The van der Waals surface area contributed by atoms with E-state index in [1.165, 1.54) is 12.5 Å². The van der Waals surface area contributed by atoms with Crippen molar-refractivity contribution in [2.45, 2.75) is 26.2 Å². The molecule has 1 N–H and O–H groups in total. The highest BCUT2D eigenvalue weighted by Crippen LogP contribution is 2.18. The van der Waals surface area contributed by atoms with Crippen molar-refractivity contribution in [1.29, 1.82) is 0 Å². The van der Waals surface area contributed by atoms with Crippen molar-refractivity contribution in [2.75, 3.05) is 13.1 Å². The van der Waals surface area contributed by atoms with Gasteiger partial charge < -0.3 is 9.67 Å². The van der Waals surface area contributed by atoms with E-state index in [1.807, 2.05) is 6.92 Å². The summed E-state index contributed by atoms with van der Waals surface area (Å²) in [5.41, 5.74) is 0.558. The number of hydrogen-bond acceptors (Lipinski definition) is 3. The Balaban J connectivity index is 2.75. The van der Waals surface area contributed by atoms with Crippen molar-refractivity contribution < 1.29 is 23.1 Å². The number of imidazole rings is 1. The number of rotatable bonds is 6. The highest BCUT2D eigenvalue weighted by Gasteiger charge is 2.31. The lowest BCUT2D eigenvalue weighted by molar-refractivity contribution is -0.155. The van der Waals surface area contributed by atoms with Gasteiger partial charge in [-0.15, -0.1) is 0 Å². The fourth-order valence-electron chi connectivity index (χ4n) is 1.61. The first-order valence-electron chi connectivity index (χ1n) is 5.31. The van der Waals surface area contributed by atoms with E-state index in [0.29, 0.717) is 12.2 Å². The molecule has 1 aromatic heterocycles. The van der Waals surface area contributed by atoms with Crippen LogP contribution < -0.4 is 0 Å². The van der Waals surface area contributed by atoms with Gasteiger partial charge in [0.05, 0.1) is 25.1 Å². The number of carboxylic acids is 1. The van der Waals surface area contributed by atoms with Gasteiger partial charge in [-0.05, 0) is 6.92 Å². The fourth-order valence-corrected chi connectivity index (χ4v) is 1.61. The summed E-state index contributed by atoms with van der Waals surface area (Å²) in [6.07, 6.45) is -1.48. The predicted molar refractivity (Wildman–Crippen MR) is 56.9 cm³/mol. The van der Waals surface area contributed by atoms with Crippen molar-refractivity contribution in [3.8, 4) is 0 Å². The Hall–Kier alpha value is -1.57. The molecule has 0 unspecified atom stereocenters. The van der Waals surface area contributed by atoms with Crippen molar-refractivity contribution in [1.82, 2.24) is 14.5 Å². The summed E-state index contributed by atoms with van der Waals surface area (Å²) in [7, 11) is 0. The molecule has 0 radical (unpaired) electrons. The normalized spacial score (nSPS) is 12.1. The van der Waals surface area contributed by atoms with Gasteiger partial charge in [0, 0.05) is 19.3 Å². The first-order chi connectivity index (χ1) is 8.31. The number of aromatic nitrogens is 2. The second-order valence-corrected chi connectivity index (χ2v) is 3.83. The van der Waals surface area contributed by atoms with Crippen LogP contribution >= 0.6 is 0 Å². The topological polar surface area (TPSA) is 58.4 Å². The molecule has 0 aromatic carbocycles. The van der Waals surface area contributed by atoms with Crippen LogP contribution in [0, 0.1) is 0 Å². The van der Waals surface area contributed by atoms with E-state index in [9.17, 15) is 18.0 Å². The molecule has 8 heteroatoms. The maximum absolute atomic E-state index is 12.3. The van der Waals surface area contributed by atoms with Crippen LogP contribution in [0.3, 0.4) is 0 Å². The van der Waals surface area contributed by atoms with Crippen molar-refractivity contribution in [2.24, 2.45) is 0 Å². The summed E-state index contributed by atoms with van der Waals surface area (Å²) in [6, 6.07) is 0. The monoisotopic (exact) mass is 265 g/mol.